The summed E-state index contributed by atoms with van der Waals surface area (Å²) in [5.41, 5.74) is 2.52. The molecule has 1 N–H and O–H groups in total. The van der Waals surface area contributed by atoms with Crippen molar-refractivity contribution in [2.24, 2.45) is 5.92 Å². The van der Waals surface area contributed by atoms with Crippen LogP contribution in [0.15, 0.2) is 12.1 Å². The van der Waals surface area contributed by atoms with Crippen molar-refractivity contribution >= 4 is 11.6 Å². The van der Waals surface area contributed by atoms with Crippen LogP contribution in [0.25, 0.3) is 0 Å². The Hall–Kier alpha value is -0.770. The first-order chi connectivity index (χ1) is 10.1. The number of fused-ring (bicyclic) bond motifs is 1. The fourth-order valence-corrected chi connectivity index (χ4v) is 3.73. The topological polar surface area (TPSA) is 24.5 Å². The van der Waals surface area contributed by atoms with E-state index < -0.39 is 0 Å². The minimum atomic E-state index is 0.604. The molecular formula is C17H25ClN2O. The van der Waals surface area contributed by atoms with Gasteiger partial charge in [-0.15, -0.1) is 0 Å². The maximum atomic E-state index is 6.26. The lowest BCUT2D eigenvalue weighted by Gasteiger charge is -2.34. The Morgan fingerprint density at radius 1 is 1.43 bits per heavy atom. The van der Waals surface area contributed by atoms with Crippen molar-refractivity contribution < 1.29 is 4.74 Å². The van der Waals surface area contributed by atoms with Crippen molar-refractivity contribution in [3.63, 3.8) is 0 Å². The van der Waals surface area contributed by atoms with Gasteiger partial charge in [0.2, 0.25) is 0 Å². The molecule has 0 radical (unpaired) electrons. The van der Waals surface area contributed by atoms with Crippen LogP contribution in [0.3, 0.4) is 0 Å². The zero-order chi connectivity index (χ0) is 14.8. The quantitative estimate of drug-likeness (QED) is 0.925. The Bertz CT molecular complexity index is 504. The van der Waals surface area contributed by atoms with Crippen molar-refractivity contribution in [1.82, 2.24) is 10.2 Å². The van der Waals surface area contributed by atoms with Crippen molar-refractivity contribution in [2.75, 3.05) is 26.2 Å². The predicted molar refractivity (Wildman–Crippen MR) is 87.2 cm³/mol. The summed E-state index contributed by atoms with van der Waals surface area (Å²) in [6.45, 7) is 9.59. The summed E-state index contributed by atoms with van der Waals surface area (Å²) in [6, 6.07) is 4.73. The van der Waals surface area contributed by atoms with Crippen molar-refractivity contribution in [2.45, 2.75) is 39.3 Å². The number of rotatable bonds is 4. The second-order valence-corrected chi connectivity index (χ2v) is 7.10. The number of nitrogens with zero attached hydrogens (tertiary/aromatic N) is 1. The second kappa shape index (κ2) is 6.55. The molecule has 0 bridgehead atoms. The highest BCUT2D eigenvalue weighted by Gasteiger charge is 2.23. The monoisotopic (exact) mass is 308 g/mol. The number of ether oxygens (including phenoxy) is 1. The zero-order valence-corrected chi connectivity index (χ0v) is 13.7. The van der Waals surface area contributed by atoms with E-state index in [0.29, 0.717) is 6.04 Å². The van der Waals surface area contributed by atoms with Gasteiger partial charge in [0.15, 0.2) is 0 Å². The summed E-state index contributed by atoms with van der Waals surface area (Å²) in [5, 5.41) is 4.47. The van der Waals surface area contributed by atoms with E-state index >= 15 is 0 Å². The van der Waals surface area contributed by atoms with Gasteiger partial charge in [-0.25, -0.2) is 0 Å². The number of hydrogen-bond donors (Lipinski definition) is 1. The molecule has 1 aromatic carbocycles. The highest BCUT2D eigenvalue weighted by Crippen LogP contribution is 2.33. The summed E-state index contributed by atoms with van der Waals surface area (Å²) >= 11 is 6.26. The maximum Gasteiger partial charge on any atom is 0.127 e. The van der Waals surface area contributed by atoms with Gasteiger partial charge in [-0.1, -0.05) is 25.4 Å². The van der Waals surface area contributed by atoms with Crippen molar-refractivity contribution in [3.8, 4) is 5.75 Å². The van der Waals surface area contributed by atoms with Gasteiger partial charge in [-0.3, -0.25) is 4.90 Å². The molecule has 1 unspecified atom stereocenters. The van der Waals surface area contributed by atoms with E-state index in [1.54, 1.807) is 0 Å². The lowest BCUT2D eigenvalue weighted by molar-refractivity contribution is 0.178. The van der Waals surface area contributed by atoms with E-state index in [1.165, 1.54) is 17.5 Å². The maximum absolute atomic E-state index is 6.26. The molecule has 1 atom stereocenters. The van der Waals surface area contributed by atoms with E-state index in [0.717, 1.165) is 55.9 Å². The van der Waals surface area contributed by atoms with Crippen LogP contribution in [0, 0.1) is 5.92 Å². The highest BCUT2D eigenvalue weighted by atomic mass is 35.5. The van der Waals surface area contributed by atoms with Gasteiger partial charge in [0, 0.05) is 49.2 Å². The molecule has 0 saturated carbocycles. The summed E-state index contributed by atoms with van der Waals surface area (Å²) in [4.78, 5) is 2.52. The van der Waals surface area contributed by atoms with Crippen LogP contribution in [-0.4, -0.2) is 37.2 Å². The van der Waals surface area contributed by atoms with Gasteiger partial charge < -0.3 is 10.1 Å². The third kappa shape index (κ3) is 3.71. The third-order valence-electron chi connectivity index (χ3n) is 4.31. The number of halogens is 1. The molecule has 1 fully saturated rings. The van der Waals surface area contributed by atoms with E-state index in [9.17, 15) is 0 Å². The summed E-state index contributed by atoms with van der Waals surface area (Å²) < 4.78 is 5.82. The molecule has 1 saturated heterocycles. The lowest BCUT2D eigenvalue weighted by Crippen LogP contribution is -2.50. The van der Waals surface area contributed by atoms with Crippen LogP contribution < -0.4 is 10.1 Å². The minimum absolute atomic E-state index is 0.604. The largest absolute Gasteiger partial charge is 0.493 e. The lowest BCUT2D eigenvalue weighted by atomic mass is 10.0. The summed E-state index contributed by atoms with van der Waals surface area (Å²) in [5.74, 6) is 1.82. The minimum Gasteiger partial charge on any atom is -0.493 e. The average molecular weight is 309 g/mol. The van der Waals surface area contributed by atoms with E-state index in [2.05, 4.69) is 30.1 Å². The fraction of sp³-hybridized carbons (Fsp3) is 0.647. The first kappa shape index (κ1) is 15.1. The highest BCUT2D eigenvalue weighted by molar-refractivity contribution is 6.30. The van der Waals surface area contributed by atoms with Crippen LogP contribution in [0.1, 0.15) is 31.4 Å². The Balaban J connectivity index is 1.69. The van der Waals surface area contributed by atoms with Gasteiger partial charge in [-0.05, 0) is 30.0 Å². The number of nitrogens with one attached hydrogen (secondary N) is 1. The molecule has 0 amide bonds. The van der Waals surface area contributed by atoms with Gasteiger partial charge in [0.05, 0.1) is 6.61 Å². The van der Waals surface area contributed by atoms with Crippen LogP contribution in [0.5, 0.6) is 5.75 Å². The molecule has 0 aliphatic carbocycles. The van der Waals surface area contributed by atoms with Crippen molar-refractivity contribution in [3.05, 3.63) is 28.3 Å². The second-order valence-electron chi connectivity index (χ2n) is 6.67. The van der Waals surface area contributed by atoms with Crippen LogP contribution in [0.4, 0.5) is 0 Å². The van der Waals surface area contributed by atoms with Gasteiger partial charge in [0.25, 0.3) is 0 Å². The molecule has 2 heterocycles. The third-order valence-corrected chi connectivity index (χ3v) is 4.53. The molecule has 3 nitrogen and oxygen atoms in total. The molecule has 1 aromatic rings. The first-order valence-corrected chi connectivity index (χ1v) is 8.39. The van der Waals surface area contributed by atoms with E-state index in [4.69, 9.17) is 16.3 Å². The Kier molecular flexibility index (Phi) is 4.72. The zero-order valence-electron chi connectivity index (χ0n) is 13.0. The van der Waals surface area contributed by atoms with Gasteiger partial charge >= 0.3 is 0 Å². The molecule has 3 rings (SSSR count). The molecule has 2 aliphatic rings. The van der Waals surface area contributed by atoms with Crippen LogP contribution in [0.2, 0.25) is 5.02 Å². The first-order valence-electron chi connectivity index (χ1n) is 8.01. The molecule has 0 spiro atoms. The fourth-order valence-electron chi connectivity index (χ4n) is 3.47. The Labute approximate surface area is 132 Å². The standard InChI is InChI=1S/C17H25ClN2O/c1-12(2)7-16-11-20(5-4-19-16)10-14-9-15(18)8-13-3-6-21-17(13)14/h8-9,12,16,19H,3-7,10-11H2,1-2H3. The van der Waals surface area contributed by atoms with Crippen molar-refractivity contribution in [1.29, 1.82) is 0 Å². The number of benzene rings is 1. The SMILES string of the molecule is CC(C)CC1CN(Cc2cc(Cl)cc3c2OCC3)CCN1. The summed E-state index contributed by atoms with van der Waals surface area (Å²) in [6.07, 6.45) is 2.22. The molecule has 0 aromatic heterocycles. The summed E-state index contributed by atoms with van der Waals surface area (Å²) in [7, 11) is 0. The van der Waals surface area contributed by atoms with Gasteiger partial charge in [0.1, 0.15) is 5.75 Å². The molecule has 21 heavy (non-hydrogen) atoms. The Morgan fingerprint density at radius 2 is 2.29 bits per heavy atom. The van der Waals surface area contributed by atoms with E-state index in [1.807, 2.05) is 6.07 Å². The molecular weight excluding hydrogens is 284 g/mol. The predicted octanol–water partition coefficient (Wildman–Crippen LogP) is 3.09. The van der Waals surface area contributed by atoms with Crippen LogP contribution >= 0.6 is 11.6 Å². The normalized spacial score (nSPS) is 22.4. The Morgan fingerprint density at radius 3 is 3.10 bits per heavy atom. The number of piperazine rings is 1. The molecule has 116 valence electrons. The van der Waals surface area contributed by atoms with Gasteiger partial charge in [-0.2, -0.15) is 0 Å². The van der Waals surface area contributed by atoms with Crippen LogP contribution in [-0.2, 0) is 13.0 Å². The number of hydrogen-bond acceptors (Lipinski definition) is 3. The molecule has 4 heteroatoms. The average Bonchev–Trinajstić information content (AvgIpc) is 2.86. The molecule has 2 aliphatic heterocycles. The van der Waals surface area contributed by atoms with E-state index in [-0.39, 0.29) is 0 Å². The smallest absolute Gasteiger partial charge is 0.127 e.